The van der Waals surface area contributed by atoms with Gasteiger partial charge in [-0.2, -0.15) is 0 Å². The molecule has 1 saturated carbocycles. The zero-order valence-corrected chi connectivity index (χ0v) is 13.3. The van der Waals surface area contributed by atoms with Crippen LogP contribution in [-0.2, 0) is 0 Å². The zero-order valence-electron chi connectivity index (χ0n) is 13.3. The second-order valence-corrected chi connectivity index (χ2v) is 6.64. The minimum absolute atomic E-state index is 0.461. The Balaban J connectivity index is 1.69. The van der Waals surface area contributed by atoms with Gasteiger partial charge in [-0.1, -0.05) is 12.1 Å². The van der Waals surface area contributed by atoms with Gasteiger partial charge < -0.3 is 10.1 Å². The second-order valence-electron chi connectivity index (χ2n) is 6.64. The molecular formula is C18H28N2O. The quantitative estimate of drug-likeness (QED) is 0.834. The summed E-state index contributed by atoms with van der Waals surface area (Å²) in [6.07, 6.45) is 5.49. The van der Waals surface area contributed by atoms with E-state index in [1.807, 2.05) is 6.07 Å². The lowest BCUT2D eigenvalue weighted by Gasteiger charge is -2.32. The molecule has 0 aromatic heterocycles. The molecule has 2 atom stereocenters. The minimum Gasteiger partial charge on any atom is -0.497 e. The number of nitrogens with one attached hydrogen (secondary N) is 1. The summed E-state index contributed by atoms with van der Waals surface area (Å²) in [7, 11) is 1.74. The van der Waals surface area contributed by atoms with Crippen molar-refractivity contribution < 1.29 is 4.74 Å². The summed E-state index contributed by atoms with van der Waals surface area (Å²) < 4.78 is 5.38. The van der Waals surface area contributed by atoms with Gasteiger partial charge in [-0.15, -0.1) is 0 Å². The van der Waals surface area contributed by atoms with Crippen LogP contribution in [0.5, 0.6) is 5.75 Å². The maximum Gasteiger partial charge on any atom is 0.119 e. The predicted molar refractivity (Wildman–Crippen MR) is 86.7 cm³/mol. The fourth-order valence-corrected chi connectivity index (χ4v) is 3.33. The summed E-state index contributed by atoms with van der Waals surface area (Å²) in [6, 6.07) is 9.69. The van der Waals surface area contributed by atoms with Crippen molar-refractivity contribution in [3.63, 3.8) is 0 Å². The van der Waals surface area contributed by atoms with Crippen LogP contribution in [0.25, 0.3) is 0 Å². The number of ether oxygens (including phenoxy) is 1. The molecule has 3 rings (SSSR count). The highest BCUT2D eigenvalue weighted by atomic mass is 16.5. The Labute approximate surface area is 128 Å². The van der Waals surface area contributed by atoms with Gasteiger partial charge >= 0.3 is 0 Å². The fourth-order valence-electron chi connectivity index (χ4n) is 3.33. The normalized spacial score (nSPS) is 23.5. The Bertz CT molecular complexity index is 452. The first-order valence-corrected chi connectivity index (χ1v) is 8.37. The second kappa shape index (κ2) is 6.80. The lowest BCUT2D eigenvalue weighted by atomic mass is 10.0. The van der Waals surface area contributed by atoms with Gasteiger partial charge in [-0.05, 0) is 62.8 Å². The van der Waals surface area contributed by atoms with Crippen LogP contribution < -0.4 is 10.1 Å². The van der Waals surface area contributed by atoms with Gasteiger partial charge in [0.1, 0.15) is 5.75 Å². The van der Waals surface area contributed by atoms with Gasteiger partial charge in [0.2, 0.25) is 0 Å². The molecule has 3 nitrogen and oxygen atoms in total. The van der Waals surface area contributed by atoms with Crippen molar-refractivity contribution in [2.75, 3.05) is 26.7 Å². The molecule has 0 bridgehead atoms. The van der Waals surface area contributed by atoms with E-state index in [1.165, 1.54) is 50.9 Å². The molecule has 0 amide bonds. The Morgan fingerprint density at radius 3 is 2.81 bits per heavy atom. The number of hydrogen-bond acceptors (Lipinski definition) is 3. The summed E-state index contributed by atoms with van der Waals surface area (Å²) >= 11 is 0. The number of nitrogens with zero attached hydrogens (tertiary/aromatic N) is 1. The average Bonchev–Trinajstić information content (AvgIpc) is 3.19. The molecule has 0 radical (unpaired) electrons. The van der Waals surface area contributed by atoms with Crippen LogP contribution >= 0.6 is 0 Å². The molecule has 1 aromatic carbocycles. The van der Waals surface area contributed by atoms with E-state index in [0.29, 0.717) is 12.1 Å². The molecule has 21 heavy (non-hydrogen) atoms. The summed E-state index contributed by atoms with van der Waals surface area (Å²) in [4.78, 5) is 2.68. The van der Waals surface area contributed by atoms with Crippen LogP contribution in [0, 0.1) is 5.92 Å². The lowest BCUT2D eigenvalue weighted by molar-refractivity contribution is 0.184. The molecule has 1 N–H and O–H groups in total. The number of methoxy groups -OCH3 is 1. The standard InChI is InChI=1S/C18H28N2O/c1-14(16-5-3-7-18(11-16)21-2)20(12-15-8-9-15)13-17-6-4-10-19-17/h3,5,7,11,14-15,17,19H,4,6,8-10,12-13H2,1-2H3. The van der Waals surface area contributed by atoms with E-state index in [9.17, 15) is 0 Å². The Morgan fingerprint density at radius 2 is 2.14 bits per heavy atom. The van der Waals surface area contributed by atoms with Crippen molar-refractivity contribution in [1.82, 2.24) is 10.2 Å². The molecule has 1 aliphatic carbocycles. The van der Waals surface area contributed by atoms with E-state index in [4.69, 9.17) is 4.74 Å². The van der Waals surface area contributed by atoms with E-state index >= 15 is 0 Å². The third-order valence-corrected chi connectivity index (χ3v) is 4.93. The van der Waals surface area contributed by atoms with Crippen LogP contribution in [0.3, 0.4) is 0 Å². The lowest BCUT2D eigenvalue weighted by Crippen LogP contribution is -2.40. The van der Waals surface area contributed by atoms with Crippen molar-refractivity contribution in [3.05, 3.63) is 29.8 Å². The Morgan fingerprint density at radius 1 is 1.29 bits per heavy atom. The zero-order chi connectivity index (χ0) is 14.7. The first kappa shape index (κ1) is 14.9. The number of rotatable bonds is 7. The van der Waals surface area contributed by atoms with Crippen molar-refractivity contribution in [2.24, 2.45) is 5.92 Å². The van der Waals surface area contributed by atoms with Crippen LogP contribution in [-0.4, -0.2) is 37.7 Å². The van der Waals surface area contributed by atoms with Crippen LogP contribution in [0.4, 0.5) is 0 Å². The summed E-state index contributed by atoms with van der Waals surface area (Å²) in [5, 5.41) is 3.64. The highest BCUT2D eigenvalue weighted by Crippen LogP contribution is 2.33. The molecule has 1 saturated heterocycles. The summed E-state index contributed by atoms with van der Waals surface area (Å²) in [5.74, 6) is 1.89. The monoisotopic (exact) mass is 288 g/mol. The van der Waals surface area contributed by atoms with E-state index in [1.54, 1.807) is 7.11 Å². The van der Waals surface area contributed by atoms with Crippen molar-refractivity contribution in [1.29, 1.82) is 0 Å². The van der Waals surface area contributed by atoms with Gasteiger partial charge in [-0.25, -0.2) is 0 Å². The third kappa shape index (κ3) is 3.98. The van der Waals surface area contributed by atoms with Crippen LogP contribution in [0.2, 0.25) is 0 Å². The van der Waals surface area contributed by atoms with E-state index in [-0.39, 0.29) is 0 Å². The largest absolute Gasteiger partial charge is 0.497 e. The summed E-state index contributed by atoms with van der Waals surface area (Å²) in [5.41, 5.74) is 1.37. The summed E-state index contributed by atoms with van der Waals surface area (Å²) in [6.45, 7) is 5.95. The molecule has 0 spiro atoms. The van der Waals surface area contributed by atoms with Crippen LogP contribution in [0.15, 0.2) is 24.3 Å². The van der Waals surface area contributed by atoms with Crippen molar-refractivity contribution in [2.45, 2.75) is 44.7 Å². The minimum atomic E-state index is 0.461. The Hall–Kier alpha value is -1.06. The smallest absolute Gasteiger partial charge is 0.119 e. The molecule has 2 aliphatic rings. The topological polar surface area (TPSA) is 24.5 Å². The molecular weight excluding hydrogens is 260 g/mol. The Kier molecular flexibility index (Phi) is 4.81. The first-order valence-electron chi connectivity index (χ1n) is 8.37. The molecule has 116 valence electrons. The maximum atomic E-state index is 5.38. The molecule has 2 unspecified atom stereocenters. The SMILES string of the molecule is COc1cccc(C(C)N(CC2CC2)CC2CCCN2)c1. The average molecular weight is 288 g/mol. The first-order chi connectivity index (χ1) is 10.3. The highest BCUT2D eigenvalue weighted by molar-refractivity contribution is 5.30. The number of benzene rings is 1. The van der Waals surface area contributed by atoms with Gasteiger partial charge in [0.05, 0.1) is 7.11 Å². The van der Waals surface area contributed by atoms with Crippen LogP contribution in [0.1, 0.15) is 44.2 Å². The maximum absolute atomic E-state index is 5.38. The molecule has 2 fully saturated rings. The van der Waals surface area contributed by atoms with Gasteiger partial charge in [0.25, 0.3) is 0 Å². The number of hydrogen-bond donors (Lipinski definition) is 1. The van der Waals surface area contributed by atoms with Gasteiger partial charge in [0, 0.05) is 25.2 Å². The van der Waals surface area contributed by atoms with Gasteiger partial charge in [0.15, 0.2) is 0 Å². The van der Waals surface area contributed by atoms with E-state index < -0.39 is 0 Å². The van der Waals surface area contributed by atoms with E-state index in [0.717, 1.165) is 11.7 Å². The molecule has 1 heterocycles. The molecule has 3 heteroatoms. The third-order valence-electron chi connectivity index (χ3n) is 4.93. The highest BCUT2D eigenvalue weighted by Gasteiger charge is 2.29. The van der Waals surface area contributed by atoms with E-state index in [2.05, 4.69) is 35.3 Å². The predicted octanol–water partition coefficient (Wildman–Crippen LogP) is 3.22. The fraction of sp³-hybridized carbons (Fsp3) is 0.667. The molecule has 1 aromatic rings. The van der Waals surface area contributed by atoms with Crippen molar-refractivity contribution in [3.8, 4) is 5.75 Å². The van der Waals surface area contributed by atoms with Gasteiger partial charge in [-0.3, -0.25) is 4.90 Å². The van der Waals surface area contributed by atoms with Crippen molar-refractivity contribution >= 4 is 0 Å². The molecule has 1 aliphatic heterocycles.